The summed E-state index contributed by atoms with van der Waals surface area (Å²) < 4.78 is 58.3. The number of hydrogen-bond acceptors (Lipinski definition) is 3. The van der Waals surface area contributed by atoms with E-state index in [4.69, 9.17) is 4.74 Å². The van der Waals surface area contributed by atoms with Crippen molar-refractivity contribution in [1.82, 2.24) is 9.97 Å². The van der Waals surface area contributed by atoms with E-state index < -0.39 is 30.3 Å². The number of rotatable bonds is 2. The van der Waals surface area contributed by atoms with E-state index in [2.05, 4.69) is 9.97 Å². The van der Waals surface area contributed by atoms with E-state index in [0.29, 0.717) is 5.69 Å². The zero-order valence-electron chi connectivity index (χ0n) is 11.4. The summed E-state index contributed by atoms with van der Waals surface area (Å²) in [6.45, 7) is -0.675. The van der Waals surface area contributed by atoms with Crippen molar-refractivity contribution in [2.45, 2.75) is 24.9 Å². The molecule has 2 aromatic rings. The molecule has 0 aliphatic carbocycles. The highest BCUT2D eigenvalue weighted by molar-refractivity contribution is 5.60. The fourth-order valence-electron chi connectivity index (χ4n) is 2.34. The van der Waals surface area contributed by atoms with E-state index in [1.165, 1.54) is 12.4 Å². The molecule has 1 aromatic heterocycles. The minimum Gasteiger partial charge on any atom is -0.366 e. The van der Waals surface area contributed by atoms with Gasteiger partial charge in [-0.25, -0.2) is 27.5 Å². The van der Waals surface area contributed by atoms with Crippen molar-refractivity contribution in [2.24, 2.45) is 0 Å². The minimum absolute atomic E-state index is 0.00945. The summed E-state index contributed by atoms with van der Waals surface area (Å²) in [4.78, 5) is 7.90. The average molecular weight is 312 g/mol. The van der Waals surface area contributed by atoms with Crippen LogP contribution in [-0.2, 0) is 4.74 Å². The molecule has 1 unspecified atom stereocenters. The molecule has 1 fully saturated rings. The summed E-state index contributed by atoms with van der Waals surface area (Å²) in [5, 5.41) is 0. The van der Waals surface area contributed by atoms with Gasteiger partial charge in [-0.3, -0.25) is 0 Å². The molecule has 22 heavy (non-hydrogen) atoms. The van der Waals surface area contributed by atoms with Crippen molar-refractivity contribution in [2.75, 3.05) is 6.61 Å². The SMILES string of the molecule is Fc1ccc(F)c(-c2cc(C3CCC(F)(F)CO3)ncn2)c1. The first kappa shape index (κ1) is 14.9. The van der Waals surface area contributed by atoms with Gasteiger partial charge in [0.15, 0.2) is 0 Å². The van der Waals surface area contributed by atoms with Crippen LogP contribution >= 0.6 is 0 Å². The predicted octanol–water partition coefficient (Wildman–Crippen LogP) is 3.91. The number of benzene rings is 1. The highest BCUT2D eigenvalue weighted by Crippen LogP contribution is 2.35. The first-order valence-corrected chi connectivity index (χ1v) is 6.71. The van der Waals surface area contributed by atoms with E-state index in [0.717, 1.165) is 18.2 Å². The van der Waals surface area contributed by atoms with E-state index in [1.54, 1.807) is 0 Å². The Balaban J connectivity index is 1.89. The number of hydrogen-bond donors (Lipinski definition) is 0. The predicted molar refractivity (Wildman–Crippen MR) is 70.3 cm³/mol. The van der Waals surface area contributed by atoms with Gasteiger partial charge in [-0.2, -0.15) is 0 Å². The molecule has 1 atom stereocenters. The lowest BCUT2D eigenvalue weighted by molar-refractivity contribution is -0.146. The number of aromatic nitrogens is 2. The lowest BCUT2D eigenvalue weighted by Crippen LogP contribution is -2.31. The van der Waals surface area contributed by atoms with Crippen molar-refractivity contribution in [3.05, 3.63) is 47.9 Å². The van der Waals surface area contributed by atoms with Crippen LogP contribution in [0.3, 0.4) is 0 Å². The van der Waals surface area contributed by atoms with Crippen LogP contribution in [0.2, 0.25) is 0 Å². The van der Waals surface area contributed by atoms with Gasteiger partial charge in [0.1, 0.15) is 30.7 Å². The van der Waals surface area contributed by atoms with E-state index in [9.17, 15) is 17.6 Å². The largest absolute Gasteiger partial charge is 0.366 e. The number of alkyl halides is 2. The molecule has 0 N–H and O–H groups in total. The topological polar surface area (TPSA) is 35.0 Å². The second-order valence-corrected chi connectivity index (χ2v) is 5.15. The Morgan fingerprint density at radius 3 is 2.68 bits per heavy atom. The van der Waals surface area contributed by atoms with Crippen LogP contribution in [0.15, 0.2) is 30.6 Å². The lowest BCUT2D eigenvalue weighted by Gasteiger charge is -2.28. The van der Waals surface area contributed by atoms with Crippen LogP contribution in [0.1, 0.15) is 24.6 Å². The van der Waals surface area contributed by atoms with E-state index >= 15 is 0 Å². The molecule has 2 heterocycles. The third-order valence-electron chi connectivity index (χ3n) is 3.49. The Bertz CT molecular complexity index is 683. The standard InChI is InChI=1S/C15H12F4N2O/c16-9-1-2-11(17)10(5-9)12-6-13(21-8-20-12)14-3-4-15(18,19)7-22-14/h1-2,5-6,8,14H,3-4,7H2. The van der Waals surface area contributed by atoms with Gasteiger partial charge in [0.05, 0.1) is 11.4 Å². The summed E-state index contributed by atoms with van der Waals surface area (Å²) in [7, 11) is 0. The van der Waals surface area contributed by atoms with Gasteiger partial charge in [0.25, 0.3) is 5.92 Å². The first-order valence-electron chi connectivity index (χ1n) is 6.71. The highest BCUT2D eigenvalue weighted by atomic mass is 19.3. The lowest BCUT2D eigenvalue weighted by atomic mass is 10.0. The monoisotopic (exact) mass is 312 g/mol. The molecule has 0 spiro atoms. The summed E-state index contributed by atoms with van der Waals surface area (Å²) >= 11 is 0. The van der Waals surface area contributed by atoms with Gasteiger partial charge in [-0.1, -0.05) is 0 Å². The smallest absolute Gasteiger partial charge is 0.271 e. The maximum atomic E-state index is 13.8. The number of nitrogens with zero attached hydrogens (tertiary/aromatic N) is 2. The molecule has 3 nitrogen and oxygen atoms in total. The van der Waals surface area contributed by atoms with Crippen LogP contribution in [-0.4, -0.2) is 22.5 Å². The molecule has 0 amide bonds. The zero-order valence-corrected chi connectivity index (χ0v) is 11.4. The molecule has 1 aliphatic rings. The van der Waals surface area contributed by atoms with Crippen molar-refractivity contribution < 1.29 is 22.3 Å². The third kappa shape index (κ3) is 3.09. The van der Waals surface area contributed by atoms with Gasteiger partial charge in [0, 0.05) is 12.0 Å². The Labute approximate surface area is 124 Å². The van der Waals surface area contributed by atoms with E-state index in [1.807, 2.05) is 0 Å². The first-order chi connectivity index (χ1) is 10.4. The van der Waals surface area contributed by atoms with E-state index in [-0.39, 0.29) is 24.1 Å². The third-order valence-corrected chi connectivity index (χ3v) is 3.49. The Hall–Kier alpha value is -2.02. The van der Waals surface area contributed by atoms with Crippen LogP contribution in [0, 0.1) is 11.6 Å². The molecule has 0 radical (unpaired) electrons. The molecule has 116 valence electrons. The Kier molecular flexibility index (Phi) is 3.82. The average Bonchev–Trinajstić information content (AvgIpc) is 2.50. The fraction of sp³-hybridized carbons (Fsp3) is 0.333. The van der Waals surface area contributed by atoms with Gasteiger partial charge in [-0.05, 0) is 30.7 Å². The zero-order chi connectivity index (χ0) is 15.7. The van der Waals surface area contributed by atoms with Crippen LogP contribution < -0.4 is 0 Å². The quantitative estimate of drug-likeness (QED) is 0.789. The minimum atomic E-state index is -2.83. The molecule has 0 saturated carbocycles. The maximum Gasteiger partial charge on any atom is 0.271 e. The van der Waals surface area contributed by atoms with Gasteiger partial charge in [-0.15, -0.1) is 0 Å². The maximum absolute atomic E-state index is 13.8. The van der Waals surface area contributed by atoms with Gasteiger partial charge in [0.2, 0.25) is 0 Å². The summed E-state index contributed by atoms with van der Waals surface area (Å²) in [5.74, 6) is -4.05. The molecular weight excluding hydrogens is 300 g/mol. The second-order valence-electron chi connectivity index (χ2n) is 5.15. The summed E-state index contributed by atoms with van der Waals surface area (Å²) in [6.07, 6.45) is 0.393. The summed E-state index contributed by atoms with van der Waals surface area (Å²) in [5.41, 5.74) is 0.553. The Morgan fingerprint density at radius 2 is 1.95 bits per heavy atom. The molecule has 7 heteroatoms. The fourth-order valence-corrected chi connectivity index (χ4v) is 2.34. The van der Waals surface area contributed by atoms with Crippen LogP contribution in [0.25, 0.3) is 11.3 Å². The number of ether oxygens (including phenoxy) is 1. The van der Waals surface area contributed by atoms with Gasteiger partial charge >= 0.3 is 0 Å². The number of halogens is 4. The van der Waals surface area contributed by atoms with Crippen molar-refractivity contribution in [3.8, 4) is 11.3 Å². The second kappa shape index (κ2) is 5.64. The molecule has 1 aliphatic heterocycles. The van der Waals surface area contributed by atoms with Crippen LogP contribution in [0.4, 0.5) is 17.6 Å². The van der Waals surface area contributed by atoms with Crippen LogP contribution in [0.5, 0.6) is 0 Å². The Morgan fingerprint density at radius 1 is 1.14 bits per heavy atom. The normalized spacial score (nSPS) is 20.8. The van der Waals surface area contributed by atoms with Gasteiger partial charge < -0.3 is 4.74 Å². The summed E-state index contributed by atoms with van der Waals surface area (Å²) in [6, 6.07) is 4.47. The highest BCUT2D eigenvalue weighted by Gasteiger charge is 2.36. The molecule has 3 rings (SSSR count). The molecule has 0 bridgehead atoms. The van der Waals surface area contributed by atoms with Crippen molar-refractivity contribution in [1.29, 1.82) is 0 Å². The molecule has 1 saturated heterocycles. The molecule has 1 aromatic carbocycles. The van der Waals surface area contributed by atoms with Crippen molar-refractivity contribution in [3.63, 3.8) is 0 Å². The van der Waals surface area contributed by atoms with Crippen molar-refractivity contribution >= 4 is 0 Å². The molecular formula is C15H12F4N2O.